The van der Waals surface area contributed by atoms with E-state index in [0.717, 1.165) is 24.5 Å². The van der Waals surface area contributed by atoms with Crippen molar-refractivity contribution in [3.05, 3.63) is 35.9 Å². The van der Waals surface area contributed by atoms with Gasteiger partial charge in [0.05, 0.1) is 0 Å². The summed E-state index contributed by atoms with van der Waals surface area (Å²) in [7, 11) is 1.78. The first-order chi connectivity index (χ1) is 9.93. The summed E-state index contributed by atoms with van der Waals surface area (Å²) >= 11 is 0. The van der Waals surface area contributed by atoms with Crippen LogP contribution in [0.15, 0.2) is 30.3 Å². The second-order valence-electron chi connectivity index (χ2n) is 4.97. The molecular weight excluding hydrogens is 268 g/mol. The summed E-state index contributed by atoms with van der Waals surface area (Å²) in [6.45, 7) is 4.11. The predicted octanol–water partition coefficient (Wildman–Crippen LogP) is 3.44. The summed E-state index contributed by atoms with van der Waals surface area (Å²) in [4.78, 5) is 24.2. The van der Waals surface area contributed by atoms with Gasteiger partial charge < -0.3 is 15.3 Å². The molecule has 1 aromatic rings. The van der Waals surface area contributed by atoms with E-state index in [4.69, 9.17) is 5.11 Å². The molecule has 0 saturated carbocycles. The van der Waals surface area contributed by atoms with Crippen LogP contribution >= 0.6 is 0 Å². The van der Waals surface area contributed by atoms with E-state index >= 15 is 0 Å². The highest BCUT2D eigenvalue weighted by Gasteiger charge is 2.14. The summed E-state index contributed by atoms with van der Waals surface area (Å²) in [5.74, 6) is -0.987. The Labute approximate surface area is 125 Å². The van der Waals surface area contributed by atoms with Gasteiger partial charge >= 0.3 is 12.0 Å². The Morgan fingerprint density at radius 2 is 1.95 bits per heavy atom. The smallest absolute Gasteiger partial charge is 0.328 e. The molecule has 2 amide bonds. The van der Waals surface area contributed by atoms with Crippen LogP contribution in [-0.4, -0.2) is 35.1 Å². The molecule has 0 aliphatic carbocycles. The third-order valence-corrected chi connectivity index (χ3v) is 3.27. The normalized spacial score (nSPS) is 12.1. The second-order valence-corrected chi connectivity index (χ2v) is 4.97. The van der Waals surface area contributed by atoms with E-state index in [1.165, 1.54) is 6.08 Å². The van der Waals surface area contributed by atoms with Crippen LogP contribution in [0.5, 0.6) is 0 Å². The maximum absolute atomic E-state index is 12.1. The number of carbonyl (C=O) groups is 2. The fourth-order valence-corrected chi connectivity index (χ4v) is 1.87. The number of aliphatic carboxylic acids is 1. The van der Waals surface area contributed by atoms with Crippen molar-refractivity contribution in [3.63, 3.8) is 0 Å². The lowest BCUT2D eigenvalue weighted by Gasteiger charge is -2.24. The van der Waals surface area contributed by atoms with E-state index in [2.05, 4.69) is 12.2 Å². The second kappa shape index (κ2) is 8.09. The molecule has 0 spiro atoms. The minimum absolute atomic E-state index is 0.148. The van der Waals surface area contributed by atoms with Crippen LogP contribution in [-0.2, 0) is 4.79 Å². The van der Waals surface area contributed by atoms with Crippen molar-refractivity contribution in [2.24, 2.45) is 0 Å². The Morgan fingerprint density at radius 3 is 2.48 bits per heavy atom. The van der Waals surface area contributed by atoms with Crippen molar-refractivity contribution in [3.8, 4) is 0 Å². The van der Waals surface area contributed by atoms with Gasteiger partial charge in [-0.05, 0) is 37.1 Å². The average molecular weight is 290 g/mol. The number of nitrogens with one attached hydrogen (secondary N) is 1. The lowest BCUT2D eigenvalue weighted by atomic mass is 10.2. The molecule has 0 aromatic heterocycles. The predicted molar refractivity (Wildman–Crippen MR) is 84.3 cm³/mol. The van der Waals surface area contributed by atoms with Crippen LogP contribution in [0.4, 0.5) is 10.5 Å². The van der Waals surface area contributed by atoms with Crippen LogP contribution in [0.3, 0.4) is 0 Å². The number of carboxylic acids is 1. The van der Waals surface area contributed by atoms with Crippen molar-refractivity contribution in [2.75, 3.05) is 12.4 Å². The number of anilines is 1. The van der Waals surface area contributed by atoms with Gasteiger partial charge in [0.15, 0.2) is 0 Å². The molecule has 0 bridgehead atoms. The van der Waals surface area contributed by atoms with Crippen LogP contribution in [0.2, 0.25) is 0 Å². The highest BCUT2D eigenvalue weighted by atomic mass is 16.4. The zero-order chi connectivity index (χ0) is 15.8. The topological polar surface area (TPSA) is 69.6 Å². The Morgan fingerprint density at radius 1 is 1.33 bits per heavy atom. The van der Waals surface area contributed by atoms with E-state index in [-0.39, 0.29) is 12.1 Å². The van der Waals surface area contributed by atoms with Gasteiger partial charge in [-0.2, -0.15) is 0 Å². The molecule has 0 heterocycles. The summed E-state index contributed by atoms with van der Waals surface area (Å²) in [5, 5.41) is 11.4. The first-order valence-electron chi connectivity index (χ1n) is 6.99. The number of urea groups is 1. The van der Waals surface area contributed by atoms with Crippen LogP contribution < -0.4 is 5.32 Å². The monoisotopic (exact) mass is 290 g/mol. The number of carbonyl (C=O) groups excluding carboxylic acids is 1. The van der Waals surface area contributed by atoms with Gasteiger partial charge in [-0.25, -0.2) is 9.59 Å². The number of hydrogen-bond acceptors (Lipinski definition) is 2. The van der Waals surface area contributed by atoms with Gasteiger partial charge in [-0.3, -0.25) is 0 Å². The molecule has 0 radical (unpaired) electrons. The molecule has 1 rings (SSSR count). The highest BCUT2D eigenvalue weighted by molar-refractivity contribution is 5.89. The van der Waals surface area contributed by atoms with Gasteiger partial charge in [-0.1, -0.05) is 25.5 Å². The Balaban J connectivity index is 2.63. The quantitative estimate of drug-likeness (QED) is 0.788. The van der Waals surface area contributed by atoms with Crippen molar-refractivity contribution < 1.29 is 14.7 Å². The maximum atomic E-state index is 12.1. The number of benzene rings is 1. The van der Waals surface area contributed by atoms with E-state index in [1.54, 1.807) is 36.2 Å². The van der Waals surface area contributed by atoms with Crippen LogP contribution in [0, 0.1) is 0 Å². The molecule has 1 unspecified atom stereocenters. The van der Waals surface area contributed by atoms with Crippen molar-refractivity contribution in [1.29, 1.82) is 0 Å². The molecule has 2 N–H and O–H groups in total. The maximum Gasteiger partial charge on any atom is 0.328 e. The molecule has 5 heteroatoms. The van der Waals surface area contributed by atoms with Crippen molar-refractivity contribution >= 4 is 23.8 Å². The lowest BCUT2D eigenvalue weighted by Crippen LogP contribution is -2.38. The molecule has 1 aromatic carbocycles. The fraction of sp³-hybridized carbons (Fsp3) is 0.375. The molecule has 1 atom stereocenters. The molecular formula is C16H22N2O3. The molecule has 0 aliphatic rings. The van der Waals surface area contributed by atoms with E-state index in [1.807, 2.05) is 6.92 Å². The molecule has 0 fully saturated rings. The Bertz CT molecular complexity index is 509. The van der Waals surface area contributed by atoms with Crippen molar-refractivity contribution in [1.82, 2.24) is 4.90 Å². The molecule has 0 aliphatic heterocycles. The van der Waals surface area contributed by atoms with E-state index in [9.17, 15) is 9.59 Å². The first kappa shape index (κ1) is 16.8. The number of amides is 2. The zero-order valence-corrected chi connectivity index (χ0v) is 12.7. The standard InChI is InChI=1S/C16H22N2O3/c1-4-5-12(2)18(3)16(21)17-14-9-6-13(7-10-14)8-11-15(19)20/h6-12H,4-5H2,1-3H3,(H,17,21)(H,19,20)/b11-8+. The van der Waals surface area contributed by atoms with Crippen molar-refractivity contribution in [2.45, 2.75) is 32.7 Å². The third kappa shape index (κ3) is 5.69. The number of hydrogen-bond donors (Lipinski definition) is 2. The summed E-state index contributed by atoms with van der Waals surface area (Å²) in [6, 6.07) is 7.04. The Kier molecular flexibility index (Phi) is 6.46. The van der Waals surface area contributed by atoms with Gasteiger partial charge in [-0.15, -0.1) is 0 Å². The van der Waals surface area contributed by atoms with Gasteiger partial charge in [0.1, 0.15) is 0 Å². The largest absolute Gasteiger partial charge is 0.478 e. The molecule has 0 saturated heterocycles. The summed E-state index contributed by atoms with van der Waals surface area (Å²) in [5.41, 5.74) is 1.45. The highest BCUT2D eigenvalue weighted by Crippen LogP contribution is 2.13. The molecule has 5 nitrogen and oxygen atoms in total. The van der Waals surface area contributed by atoms with E-state index < -0.39 is 5.97 Å². The van der Waals surface area contributed by atoms with Crippen LogP contribution in [0.25, 0.3) is 6.08 Å². The summed E-state index contributed by atoms with van der Waals surface area (Å²) in [6.07, 6.45) is 4.57. The van der Waals surface area contributed by atoms with Gasteiger partial charge in [0, 0.05) is 24.9 Å². The average Bonchev–Trinajstić information content (AvgIpc) is 2.45. The van der Waals surface area contributed by atoms with E-state index in [0.29, 0.717) is 5.69 Å². The summed E-state index contributed by atoms with van der Waals surface area (Å²) < 4.78 is 0. The minimum atomic E-state index is -0.987. The van der Waals surface area contributed by atoms with Gasteiger partial charge in [0.2, 0.25) is 0 Å². The first-order valence-corrected chi connectivity index (χ1v) is 6.99. The minimum Gasteiger partial charge on any atom is -0.478 e. The number of rotatable bonds is 6. The Hall–Kier alpha value is -2.30. The van der Waals surface area contributed by atoms with Crippen LogP contribution in [0.1, 0.15) is 32.3 Å². The number of carboxylic acid groups (broad SMARTS) is 1. The number of nitrogens with zero attached hydrogens (tertiary/aromatic N) is 1. The molecule has 114 valence electrons. The molecule has 21 heavy (non-hydrogen) atoms. The van der Waals surface area contributed by atoms with Gasteiger partial charge in [0.25, 0.3) is 0 Å². The fourth-order valence-electron chi connectivity index (χ4n) is 1.87. The zero-order valence-electron chi connectivity index (χ0n) is 12.7. The third-order valence-electron chi connectivity index (χ3n) is 3.27. The SMILES string of the molecule is CCCC(C)N(C)C(=O)Nc1ccc(/C=C/C(=O)O)cc1. The lowest BCUT2D eigenvalue weighted by molar-refractivity contribution is -0.131.